The molecule has 2 unspecified atom stereocenters. The largest absolute Gasteiger partial charge is 0.355 e. The minimum absolute atomic E-state index is 0.0234. The van der Waals surface area contributed by atoms with Crippen LogP contribution in [0.25, 0.3) is 0 Å². The third-order valence-corrected chi connectivity index (χ3v) is 4.19. The fourth-order valence-electron chi connectivity index (χ4n) is 2.64. The Morgan fingerprint density at radius 3 is 2.89 bits per heavy atom. The van der Waals surface area contributed by atoms with Crippen LogP contribution in [0.5, 0.6) is 0 Å². The predicted octanol–water partition coefficient (Wildman–Crippen LogP) is 1.76. The number of carbonyl (C=O) groups excluding carboxylic acids is 1. The van der Waals surface area contributed by atoms with E-state index in [0.717, 1.165) is 32.5 Å². The van der Waals surface area contributed by atoms with Crippen LogP contribution in [-0.2, 0) is 4.79 Å². The molecule has 0 aromatic rings. The molecular formula is C15H31N3O. The number of likely N-dealkylation sites (N-methyl/N-ethyl adjacent to an activating group) is 1. The van der Waals surface area contributed by atoms with Gasteiger partial charge in [-0.3, -0.25) is 9.69 Å². The van der Waals surface area contributed by atoms with Gasteiger partial charge in [0.1, 0.15) is 0 Å². The lowest BCUT2D eigenvalue weighted by Gasteiger charge is -2.31. The van der Waals surface area contributed by atoms with Crippen molar-refractivity contribution in [2.45, 2.75) is 64.5 Å². The average molecular weight is 269 g/mol. The predicted molar refractivity (Wildman–Crippen MR) is 80.3 cm³/mol. The minimum atomic E-state index is -0.0234. The molecule has 112 valence electrons. The number of hydrogen-bond donors (Lipinski definition) is 2. The molecule has 0 radical (unpaired) electrons. The van der Waals surface area contributed by atoms with Crippen LogP contribution in [-0.4, -0.2) is 49.6 Å². The highest BCUT2D eigenvalue weighted by Crippen LogP contribution is 2.14. The molecule has 2 N–H and O–H groups in total. The molecule has 0 saturated carbocycles. The number of nitrogens with zero attached hydrogens (tertiary/aromatic N) is 1. The summed E-state index contributed by atoms with van der Waals surface area (Å²) in [6.45, 7) is 7.20. The van der Waals surface area contributed by atoms with Gasteiger partial charge in [0, 0.05) is 12.6 Å². The highest BCUT2D eigenvalue weighted by molar-refractivity contribution is 5.81. The van der Waals surface area contributed by atoms with Crippen molar-refractivity contribution in [3.05, 3.63) is 0 Å². The summed E-state index contributed by atoms with van der Waals surface area (Å²) in [5.41, 5.74) is 0. The van der Waals surface area contributed by atoms with E-state index in [-0.39, 0.29) is 11.9 Å². The minimum Gasteiger partial charge on any atom is -0.355 e. The Hall–Kier alpha value is -0.610. The molecule has 0 aliphatic carbocycles. The van der Waals surface area contributed by atoms with Gasteiger partial charge >= 0.3 is 0 Å². The van der Waals surface area contributed by atoms with E-state index in [0.29, 0.717) is 6.04 Å². The van der Waals surface area contributed by atoms with Crippen LogP contribution in [0, 0.1) is 0 Å². The van der Waals surface area contributed by atoms with Gasteiger partial charge in [-0.2, -0.15) is 0 Å². The topological polar surface area (TPSA) is 44.4 Å². The molecule has 0 spiro atoms. The fourth-order valence-corrected chi connectivity index (χ4v) is 2.64. The van der Waals surface area contributed by atoms with Gasteiger partial charge in [0.05, 0.1) is 6.04 Å². The van der Waals surface area contributed by atoms with Crippen LogP contribution in [0.3, 0.4) is 0 Å². The zero-order chi connectivity index (χ0) is 14.1. The standard InChI is InChI=1S/C15H31N3O/c1-4-5-6-11-17-15(19)13(2)18(3)14-8-7-10-16-12-9-14/h13-14,16H,4-12H2,1-3H3,(H,17,19). The number of nitrogens with one attached hydrogen (secondary N) is 2. The molecule has 19 heavy (non-hydrogen) atoms. The van der Waals surface area contributed by atoms with E-state index in [9.17, 15) is 4.79 Å². The first-order valence-corrected chi connectivity index (χ1v) is 7.87. The van der Waals surface area contributed by atoms with Gasteiger partial charge in [0.2, 0.25) is 5.91 Å². The molecule has 1 rings (SSSR count). The second-order valence-electron chi connectivity index (χ2n) is 5.67. The van der Waals surface area contributed by atoms with Crippen molar-refractivity contribution < 1.29 is 4.79 Å². The van der Waals surface area contributed by atoms with E-state index in [1.807, 2.05) is 6.92 Å². The first-order chi connectivity index (χ1) is 9.16. The molecule has 0 aromatic carbocycles. The molecule has 1 aliphatic heterocycles. The normalized spacial score (nSPS) is 22.0. The molecule has 2 atom stereocenters. The van der Waals surface area contributed by atoms with Gasteiger partial charge in [-0.25, -0.2) is 0 Å². The van der Waals surface area contributed by atoms with Crippen molar-refractivity contribution >= 4 is 5.91 Å². The van der Waals surface area contributed by atoms with Crippen LogP contribution < -0.4 is 10.6 Å². The van der Waals surface area contributed by atoms with Crippen molar-refractivity contribution in [3.63, 3.8) is 0 Å². The number of rotatable bonds is 7. The Balaban J connectivity index is 2.32. The van der Waals surface area contributed by atoms with E-state index in [4.69, 9.17) is 0 Å². The van der Waals surface area contributed by atoms with Crippen molar-refractivity contribution in [2.24, 2.45) is 0 Å². The lowest BCUT2D eigenvalue weighted by Crippen LogP contribution is -2.48. The number of hydrogen-bond acceptors (Lipinski definition) is 3. The molecular weight excluding hydrogens is 238 g/mol. The molecule has 1 fully saturated rings. The maximum Gasteiger partial charge on any atom is 0.237 e. The van der Waals surface area contributed by atoms with Crippen molar-refractivity contribution in [1.82, 2.24) is 15.5 Å². The van der Waals surface area contributed by atoms with Gasteiger partial charge in [0.15, 0.2) is 0 Å². The summed E-state index contributed by atoms with van der Waals surface area (Å²) in [6.07, 6.45) is 7.02. The van der Waals surface area contributed by atoms with E-state index in [1.165, 1.54) is 25.7 Å². The molecule has 0 bridgehead atoms. The third-order valence-electron chi connectivity index (χ3n) is 4.19. The summed E-state index contributed by atoms with van der Waals surface area (Å²) in [6, 6.07) is 0.510. The van der Waals surface area contributed by atoms with Crippen molar-refractivity contribution in [2.75, 3.05) is 26.7 Å². The van der Waals surface area contributed by atoms with Crippen LogP contribution in [0.2, 0.25) is 0 Å². The Bertz CT molecular complexity index is 250. The van der Waals surface area contributed by atoms with E-state index in [1.54, 1.807) is 0 Å². The van der Waals surface area contributed by atoms with E-state index >= 15 is 0 Å². The van der Waals surface area contributed by atoms with Gasteiger partial charge in [0.25, 0.3) is 0 Å². The van der Waals surface area contributed by atoms with Gasteiger partial charge in [-0.15, -0.1) is 0 Å². The second kappa shape index (κ2) is 9.32. The first kappa shape index (κ1) is 16.4. The van der Waals surface area contributed by atoms with Crippen molar-refractivity contribution in [3.8, 4) is 0 Å². The molecule has 1 amide bonds. The van der Waals surface area contributed by atoms with Crippen LogP contribution in [0.1, 0.15) is 52.4 Å². The Kier molecular flexibility index (Phi) is 8.07. The molecule has 1 heterocycles. The lowest BCUT2D eigenvalue weighted by atomic mass is 10.1. The van der Waals surface area contributed by atoms with Gasteiger partial charge in [-0.05, 0) is 52.7 Å². The van der Waals surface area contributed by atoms with Crippen LogP contribution in [0.15, 0.2) is 0 Å². The smallest absolute Gasteiger partial charge is 0.237 e. The third kappa shape index (κ3) is 5.91. The molecule has 4 nitrogen and oxygen atoms in total. The monoisotopic (exact) mass is 269 g/mol. The first-order valence-electron chi connectivity index (χ1n) is 7.87. The van der Waals surface area contributed by atoms with Crippen molar-refractivity contribution in [1.29, 1.82) is 0 Å². The summed E-state index contributed by atoms with van der Waals surface area (Å²) >= 11 is 0. The zero-order valence-corrected chi connectivity index (χ0v) is 12.9. The SMILES string of the molecule is CCCCCNC(=O)C(C)N(C)C1CCCNCC1. The highest BCUT2D eigenvalue weighted by Gasteiger charge is 2.24. The average Bonchev–Trinajstić information content (AvgIpc) is 2.70. The Morgan fingerprint density at radius 2 is 2.16 bits per heavy atom. The van der Waals surface area contributed by atoms with Crippen LogP contribution >= 0.6 is 0 Å². The second-order valence-corrected chi connectivity index (χ2v) is 5.67. The number of unbranched alkanes of at least 4 members (excludes halogenated alkanes) is 2. The summed E-state index contributed by atoms with van der Waals surface area (Å²) in [5.74, 6) is 0.177. The van der Waals surface area contributed by atoms with Gasteiger partial charge in [-0.1, -0.05) is 19.8 Å². The molecule has 0 aromatic heterocycles. The summed E-state index contributed by atoms with van der Waals surface area (Å²) in [4.78, 5) is 14.4. The Labute approximate surface area is 118 Å². The Morgan fingerprint density at radius 1 is 1.37 bits per heavy atom. The zero-order valence-electron chi connectivity index (χ0n) is 12.9. The number of amides is 1. The fraction of sp³-hybridized carbons (Fsp3) is 0.933. The van der Waals surface area contributed by atoms with Gasteiger partial charge < -0.3 is 10.6 Å². The van der Waals surface area contributed by atoms with E-state index < -0.39 is 0 Å². The summed E-state index contributed by atoms with van der Waals surface area (Å²) in [5, 5.41) is 6.48. The highest BCUT2D eigenvalue weighted by atomic mass is 16.2. The maximum atomic E-state index is 12.1. The summed E-state index contributed by atoms with van der Waals surface area (Å²) in [7, 11) is 2.09. The molecule has 1 aliphatic rings. The number of carbonyl (C=O) groups is 1. The summed E-state index contributed by atoms with van der Waals surface area (Å²) < 4.78 is 0. The van der Waals surface area contributed by atoms with E-state index in [2.05, 4.69) is 29.5 Å². The van der Waals surface area contributed by atoms with Crippen LogP contribution in [0.4, 0.5) is 0 Å². The maximum absolute atomic E-state index is 12.1. The molecule has 1 saturated heterocycles. The lowest BCUT2D eigenvalue weighted by molar-refractivity contribution is -0.126. The quantitative estimate of drug-likeness (QED) is 0.692. The molecule has 4 heteroatoms.